The molecule has 0 radical (unpaired) electrons. The van der Waals surface area contributed by atoms with Gasteiger partial charge >= 0.3 is 17.9 Å². The predicted molar refractivity (Wildman–Crippen MR) is 288 cm³/mol. The Bertz CT molecular complexity index is 1530. The molecule has 0 heterocycles. The molecule has 1 atom stereocenters. The second-order valence-electron chi connectivity index (χ2n) is 16.7. The summed E-state index contributed by atoms with van der Waals surface area (Å²) in [6.45, 7) is 6.29. The van der Waals surface area contributed by atoms with Gasteiger partial charge in [-0.3, -0.25) is 14.4 Å². The number of carbonyl (C=O) groups excluding carboxylic acids is 3. The van der Waals surface area contributed by atoms with E-state index >= 15 is 0 Å². The predicted octanol–water partition coefficient (Wildman–Crippen LogP) is 17.6. The first kappa shape index (κ1) is 62.3. The molecule has 0 saturated heterocycles. The van der Waals surface area contributed by atoms with E-state index in [2.05, 4.69) is 142 Å². The highest BCUT2D eigenvalue weighted by Gasteiger charge is 2.19. The topological polar surface area (TPSA) is 78.9 Å². The van der Waals surface area contributed by atoms with Crippen LogP contribution in [-0.2, 0) is 28.6 Å². The highest BCUT2D eigenvalue weighted by molar-refractivity contribution is 5.71. The van der Waals surface area contributed by atoms with Crippen LogP contribution in [0.2, 0.25) is 0 Å². The molecule has 0 aromatic heterocycles. The van der Waals surface area contributed by atoms with Gasteiger partial charge in [-0.15, -0.1) is 0 Å². The van der Waals surface area contributed by atoms with Gasteiger partial charge < -0.3 is 14.2 Å². The van der Waals surface area contributed by atoms with Crippen LogP contribution in [0.1, 0.15) is 201 Å². The van der Waals surface area contributed by atoms with Crippen LogP contribution < -0.4 is 0 Å². The lowest BCUT2D eigenvalue weighted by Crippen LogP contribution is -2.30. The van der Waals surface area contributed by atoms with Crippen LogP contribution >= 0.6 is 0 Å². The van der Waals surface area contributed by atoms with Crippen molar-refractivity contribution in [3.8, 4) is 0 Å². The number of unbranched alkanes of at least 4 members (excludes halogenated alkanes) is 10. The number of carbonyl (C=O) groups is 3. The molecule has 0 fully saturated rings. The fourth-order valence-electron chi connectivity index (χ4n) is 6.37. The standard InChI is InChI=1S/C61H94O6/c1-4-7-10-13-16-19-22-24-26-28-30-32-34-36-39-41-44-47-50-53-59(62)65-56-58(67-61(64)55-52-49-46-43-38-21-18-15-12-9-6-3)57-66-60(63)54-51-48-45-42-40-37-35-33-31-29-27-25-23-20-17-14-11-8-5-2/h7,10,15-20,24-27,30-33,36-37,39-40,44-45,47-48,58H,4-6,8-9,11-14,21-23,28-29,34-35,38,41-43,46,49-57H2,1-3H3/b10-7-,18-15-,19-16-,20-17-,26-24-,27-25-,32-30-,33-31-,39-36-,40-37-,47-44-,48-45-/t58-/m1/s1. The molecule has 0 unspecified atom stereocenters. The van der Waals surface area contributed by atoms with E-state index in [0.29, 0.717) is 12.8 Å². The summed E-state index contributed by atoms with van der Waals surface area (Å²) in [6, 6.07) is 0. The average molecular weight is 923 g/mol. The molecule has 374 valence electrons. The Hall–Kier alpha value is -4.71. The first-order chi connectivity index (χ1) is 33.0. The third-order valence-electron chi connectivity index (χ3n) is 10.3. The lowest BCUT2D eigenvalue weighted by molar-refractivity contribution is -0.166. The molecule has 0 aromatic carbocycles. The third kappa shape index (κ3) is 52.1. The van der Waals surface area contributed by atoms with Crippen molar-refractivity contribution in [2.45, 2.75) is 207 Å². The van der Waals surface area contributed by atoms with Gasteiger partial charge in [-0.05, 0) is 116 Å². The molecule has 0 aliphatic carbocycles. The van der Waals surface area contributed by atoms with Gasteiger partial charge in [0.1, 0.15) is 13.2 Å². The van der Waals surface area contributed by atoms with Crippen LogP contribution in [0.3, 0.4) is 0 Å². The first-order valence-corrected chi connectivity index (χ1v) is 26.3. The average Bonchev–Trinajstić information content (AvgIpc) is 3.33. The molecule has 0 spiro atoms. The molecule has 0 N–H and O–H groups in total. The van der Waals surface area contributed by atoms with E-state index in [4.69, 9.17) is 14.2 Å². The molecule has 0 amide bonds. The van der Waals surface area contributed by atoms with Crippen LogP contribution in [0.4, 0.5) is 0 Å². The van der Waals surface area contributed by atoms with Gasteiger partial charge in [0, 0.05) is 19.3 Å². The van der Waals surface area contributed by atoms with Crippen LogP contribution in [-0.4, -0.2) is 37.2 Å². The summed E-state index contributed by atoms with van der Waals surface area (Å²) >= 11 is 0. The molecule has 0 aliphatic rings. The maximum absolute atomic E-state index is 12.8. The van der Waals surface area contributed by atoms with Crippen molar-refractivity contribution < 1.29 is 28.6 Å². The van der Waals surface area contributed by atoms with Crippen LogP contribution in [0, 0.1) is 0 Å². The zero-order chi connectivity index (χ0) is 48.6. The molecule has 0 saturated carbocycles. The lowest BCUT2D eigenvalue weighted by atomic mass is 10.1. The second kappa shape index (κ2) is 53.9. The van der Waals surface area contributed by atoms with E-state index in [1.807, 2.05) is 24.3 Å². The van der Waals surface area contributed by atoms with Gasteiger partial charge in [0.2, 0.25) is 0 Å². The normalized spacial score (nSPS) is 13.3. The molecule has 0 bridgehead atoms. The van der Waals surface area contributed by atoms with Crippen molar-refractivity contribution in [1.29, 1.82) is 0 Å². The molecule has 0 aromatic rings. The van der Waals surface area contributed by atoms with E-state index in [1.54, 1.807) is 0 Å². The second-order valence-corrected chi connectivity index (χ2v) is 16.7. The summed E-state index contributed by atoms with van der Waals surface area (Å²) in [5.74, 6) is -1.13. The monoisotopic (exact) mass is 923 g/mol. The largest absolute Gasteiger partial charge is 0.462 e. The minimum Gasteiger partial charge on any atom is -0.462 e. The molecule has 6 nitrogen and oxygen atoms in total. The Morgan fingerprint density at radius 1 is 0.313 bits per heavy atom. The van der Waals surface area contributed by atoms with Crippen molar-refractivity contribution in [2.75, 3.05) is 13.2 Å². The van der Waals surface area contributed by atoms with Crippen molar-refractivity contribution in [3.63, 3.8) is 0 Å². The Morgan fingerprint density at radius 3 is 1.03 bits per heavy atom. The molecule has 67 heavy (non-hydrogen) atoms. The fraction of sp³-hybridized carbons (Fsp3) is 0.557. The number of esters is 3. The lowest BCUT2D eigenvalue weighted by Gasteiger charge is -2.18. The Balaban J connectivity index is 4.60. The minimum atomic E-state index is -0.848. The SMILES string of the molecule is CC/C=C\C/C=C\C/C=C\C/C=C\C/C=C\C/C=C\CCC(=O)OC[C@H](COC(=O)CC/C=C\C/C=C\C/C=C\C/C=C\C/C=C\CCCCC)OC(=O)CCCCCCC/C=C\CCCC. The van der Waals surface area contributed by atoms with E-state index in [-0.39, 0.29) is 50.4 Å². The minimum absolute atomic E-state index is 0.150. The third-order valence-corrected chi connectivity index (χ3v) is 10.3. The zero-order valence-electron chi connectivity index (χ0n) is 42.6. The maximum atomic E-state index is 12.8. The highest BCUT2D eigenvalue weighted by atomic mass is 16.6. The molecular weight excluding hydrogens is 829 g/mol. The summed E-state index contributed by atoms with van der Waals surface area (Å²) in [5, 5.41) is 0. The van der Waals surface area contributed by atoms with Crippen molar-refractivity contribution in [1.82, 2.24) is 0 Å². The van der Waals surface area contributed by atoms with E-state index in [1.165, 1.54) is 38.5 Å². The van der Waals surface area contributed by atoms with E-state index < -0.39 is 6.10 Å². The molecule has 6 heteroatoms. The van der Waals surface area contributed by atoms with E-state index in [9.17, 15) is 14.4 Å². The van der Waals surface area contributed by atoms with Gasteiger partial charge in [-0.2, -0.15) is 0 Å². The Labute approximate surface area is 410 Å². The van der Waals surface area contributed by atoms with Crippen LogP contribution in [0.25, 0.3) is 0 Å². The summed E-state index contributed by atoms with van der Waals surface area (Å²) in [4.78, 5) is 37.9. The van der Waals surface area contributed by atoms with Crippen LogP contribution in [0.15, 0.2) is 146 Å². The summed E-state index contributed by atoms with van der Waals surface area (Å²) in [6.07, 6.45) is 77.1. The molecular formula is C61H94O6. The van der Waals surface area contributed by atoms with Crippen molar-refractivity contribution >= 4 is 17.9 Å². The quantitative estimate of drug-likeness (QED) is 0.0262. The van der Waals surface area contributed by atoms with Crippen molar-refractivity contribution in [2.24, 2.45) is 0 Å². The summed E-state index contributed by atoms with van der Waals surface area (Å²) in [5.41, 5.74) is 0. The summed E-state index contributed by atoms with van der Waals surface area (Å²) < 4.78 is 16.6. The first-order valence-electron chi connectivity index (χ1n) is 26.3. The van der Waals surface area contributed by atoms with Gasteiger partial charge in [0.25, 0.3) is 0 Å². The van der Waals surface area contributed by atoms with Gasteiger partial charge in [0.05, 0.1) is 0 Å². The number of allylic oxidation sites excluding steroid dienone is 24. The zero-order valence-corrected chi connectivity index (χ0v) is 42.6. The van der Waals surface area contributed by atoms with Gasteiger partial charge in [-0.25, -0.2) is 0 Å². The number of rotatable bonds is 45. The van der Waals surface area contributed by atoms with E-state index in [0.717, 1.165) is 109 Å². The van der Waals surface area contributed by atoms with Crippen LogP contribution in [0.5, 0.6) is 0 Å². The smallest absolute Gasteiger partial charge is 0.306 e. The van der Waals surface area contributed by atoms with Crippen molar-refractivity contribution in [3.05, 3.63) is 146 Å². The maximum Gasteiger partial charge on any atom is 0.306 e. The number of hydrogen-bond acceptors (Lipinski definition) is 6. The Kier molecular flexibility index (Phi) is 50.1. The number of hydrogen-bond donors (Lipinski definition) is 0. The fourth-order valence-corrected chi connectivity index (χ4v) is 6.37. The highest BCUT2D eigenvalue weighted by Crippen LogP contribution is 2.11. The van der Waals surface area contributed by atoms with Gasteiger partial charge in [0.15, 0.2) is 6.10 Å². The number of ether oxygens (including phenoxy) is 3. The summed E-state index contributed by atoms with van der Waals surface area (Å²) in [7, 11) is 0. The molecule has 0 rings (SSSR count). The molecule has 0 aliphatic heterocycles. The van der Waals surface area contributed by atoms with Gasteiger partial charge in [-0.1, -0.05) is 212 Å². The Morgan fingerprint density at radius 2 is 0.627 bits per heavy atom.